The molecule has 6 nitrogen and oxygen atoms in total. The summed E-state index contributed by atoms with van der Waals surface area (Å²) in [4.78, 5) is 37.8. The Morgan fingerprint density at radius 1 is 0.333 bits per heavy atom. The van der Waals surface area contributed by atoms with Crippen LogP contribution >= 0.6 is 0 Å². The Morgan fingerprint density at radius 3 is 1.05 bits per heavy atom. The van der Waals surface area contributed by atoms with Gasteiger partial charge in [-0.3, -0.25) is 14.4 Å². The molecule has 0 aliphatic heterocycles. The van der Waals surface area contributed by atoms with Crippen molar-refractivity contribution in [2.75, 3.05) is 13.2 Å². The molecule has 6 heteroatoms. The van der Waals surface area contributed by atoms with E-state index in [1.807, 2.05) is 12.2 Å². The molecule has 0 aromatic carbocycles. The van der Waals surface area contributed by atoms with Crippen LogP contribution in [-0.2, 0) is 28.6 Å². The lowest BCUT2D eigenvalue weighted by atomic mass is 10.1. The summed E-state index contributed by atoms with van der Waals surface area (Å²) in [5.74, 6) is -1.09. The van der Waals surface area contributed by atoms with Crippen molar-refractivity contribution in [1.29, 1.82) is 0 Å². The highest BCUT2D eigenvalue weighted by Crippen LogP contribution is 2.12. The molecule has 0 saturated carbocycles. The van der Waals surface area contributed by atoms with E-state index in [0.717, 1.165) is 96.3 Å². The predicted molar refractivity (Wildman–Crippen MR) is 269 cm³/mol. The molecular formula is C57H88O6. The number of hydrogen-bond donors (Lipinski definition) is 0. The maximum absolute atomic E-state index is 12.7. The van der Waals surface area contributed by atoms with Crippen LogP contribution in [0.3, 0.4) is 0 Å². The first-order valence-corrected chi connectivity index (χ1v) is 24.7. The molecule has 0 radical (unpaired) electrons. The second-order valence-corrected chi connectivity index (χ2v) is 15.6. The van der Waals surface area contributed by atoms with E-state index < -0.39 is 12.1 Å². The minimum atomic E-state index is -0.840. The summed E-state index contributed by atoms with van der Waals surface area (Å²) >= 11 is 0. The van der Waals surface area contributed by atoms with Crippen molar-refractivity contribution < 1.29 is 28.6 Å². The van der Waals surface area contributed by atoms with Crippen molar-refractivity contribution in [3.05, 3.63) is 134 Å². The Hall–Kier alpha value is -4.45. The van der Waals surface area contributed by atoms with Gasteiger partial charge in [0.05, 0.1) is 0 Å². The number of esters is 3. The van der Waals surface area contributed by atoms with Gasteiger partial charge in [-0.05, 0) is 96.3 Å². The molecule has 0 unspecified atom stereocenters. The van der Waals surface area contributed by atoms with Gasteiger partial charge in [-0.1, -0.05) is 206 Å². The van der Waals surface area contributed by atoms with Crippen molar-refractivity contribution in [3.63, 3.8) is 0 Å². The molecule has 0 spiro atoms. The number of allylic oxidation sites excluding steroid dienone is 22. The number of rotatable bonds is 42. The van der Waals surface area contributed by atoms with Crippen LogP contribution in [0.5, 0.6) is 0 Å². The second-order valence-electron chi connectivity index (χ2n) is 15.6. The lowest BCUT2D eigenvalue weighted by molar-refractivity contribution is -0.166. The second kappa shape index (κ2) is 50.2. The van der Waals surface area contributed by atoms with Gasteiger partial charge < -0.3 is 14.2 Å². The molecule has 0 aliphatic rings. The fraction of sp³-hybridized carbons (Fsp3) is 0.561. The third-order valence-corrected chi connectivity index (χ3v) is 9.66. The zero-order valence-corrected chi connectivity index (χ0v) is 40.0. The van der Waals surface area contributed by atoms with Crippen LogP contribution in [0.15, 0.2) is 134 Å². The third-order valence-electron chi connectivity index (χ3n) is 9.66. The molecule has 1 atom stereocenters. The van der Waals surface area contributed by atoms with Crippen LogP contribution < -0.4 is 0 Å². The van der Waals surface area contributed by atoms with E-state index in [1.165, 1.54) is 38.5 Å². The number of hydrogen-bond acceptors (Lipinski definition) is 6. The normalized spacial score (nSPS) is 13.3. The highest BCUT2D eigenvalue weighted by Gasteiger charge is 2.19. The topological polar surface area (TPSA) is 78.9 Å². The molecule has 0 rings (SSSR count). The molecule has 0 saturated heterocycles. The number of ether oxygens (including phenoxy) is 3. The lowest BCUT2D eigenvalue weighted by Crippen LogP contribution is -2.30. The number of unbranched alkanes of at least 4 members (excludes halogenated alkanes) is 9. The van der Waals surface area contributed by atoms with Crippen LogP contribution in [0.4, 0.5) is 0 Å². The molecular weight excluding hydrogens is 781 g/mol. The van der Waals surface area contributed by atoms with Crippen LogP contribution in [0, 0.1) is 0 Å². The number of carbonyl (C=O) groups is 3. The lowest BCUT2D eigenvalue weighted by Gasteiger charge is -2.18. The van der Waals surface area contributed by atoms with E-state index in [0.29, 0.717) is 19.3 Å². The first-order chi connectivity index (χ1) is 31.0. The maximum Gasteiger partial charge on any atom is 0.306 e. The summed E-state index contributed by atoms with van der Waals surface area (Å²) in [6, 6.07) is 0. The summed E-state index contributed by atoms with van der Waals surface area (Å²) in [6.07, 6.45) is 70.3. The SMILES string of the molecule is CC/C=C\C/C=C\C/C=C\C/C=C\C/C=C\C/C=C\CCC(=O)OC[C@@H](COC(=O)CCCCCCCCCCC)OC(=O)CCC/C=C\C/C=C\C/C=C\C/C=C\C/C=C\CC. The first kappa shape index (κ1) is 58.6. The minimum Gasteiger partial charge on any atom is -0.462 e. The van der Waals surface area contributed by atoms with Gasteiger partial charge in [0.25, 0.3) is 0 Å². The Morgan fingerprint density at radius 2 is 0.651 bits per heavy atom. The molecule has 0 N–H and O–H groups in total. The fourth-order valence-electron chi connectivity index (χ4n) is 6.03. The van der Waals surface area contributed by atoms with Gasteiger partial charge in [0.15, 0.2) is 6.10 Å². The van der Waals surface area contributed by atoms with Crippen LogP contribution in [0.2, 0.25) is 0 Å². The van der Waals surface area contributed by atoms with Gasteiger partial charge >= 0.3 is 17.9 Å². The zero-order chi connectivity index (χ0) is 45.8. The van der Waals surface area contributed by atoms with Crippen molar-refractivity contribution in [2.24, 2.45) is 0 Å². The average molecular weight is 869 g/mol. The van der Waals surface area contributed by atoms with Crippen LogP contribution in [0.1, 0.15) is 188 Å². The van der Waals surface area contributed by atoms with E-state index in [9.17, 15) is 14.4 Å². The Kier molecular flexibility index (Phi) is 46.7. The van der Waals surface area contributed by atoms with Gasteiger partial charge in [-0.25, -0.2) is 0 Å². The van der Waals surface area contributed by atoms with Gasteiger partial charge in [0.1, 0.15) is 13.2 Å². The smallest absolute Gasteiger partial charge is 0.306 e. The van der Waals surface area contributed by atoms with Crippen molar-refractivity contribution in [2.45, 2.75) is 194 Å². The summed E-state index contributed by atoms with van der Waals surface area (Å²) in [6.45, 7) is 6.24. The Bertz CT molecular complexity index is 1420. The molecule has 352 valence electrons. The highest BCUT2D eigenvalue weighted by molar-refractivity contribution is 5.71. The van der Waals surface area contributed by atoms with E-state index in [2.05, 4.69) is 142 Å². The van der Waals surface area contributed by atoms with Gasteiger partial charge in [-0.2, -0.15) is 0 Å². The summed E-state index contributed by atoms with van der Waals surface area (Å²) in [5.41, 5.74) is 0. The Balaban J connectivity index is 4.58. The Labute approximate surface area is 385 Å². The summed E-state index contributed by atoms with van der Waals surface area (Å²) in [7, 11) is 0. The largest absolute Gasteiger partial charge is 0.462 e. The van der Waals surface area contributed by atoms with E-state index in [-0.39, 0.29) is 38.0 Å². The summed E-state index contributed by atoms with van der Waals surface area (Å²) < 4.78 is 16.6. The minimum absolute atomic E-state index is 0.128. The van der Waals surface area contributed by atoms with Gasteiger partial charge in [-0.15, -0.1) is 0 Å². The van der Waals surface area contributed by atoms with Crippen LogP contribution in [-0.4, -0.2) is 37.2 Å². The summed E-state index contributed by atoms with van der Waals surface area (Å²) in [5, 5.41) is 0. The third kappa shape index (κ3) is 48.4. The number of carbonyl (C=O) groups excluding carboxylic acids is 3. The fourth-order valence-corrected chi connectivity index (χ4v) is 6.03. The molecule has 0 aromatic rings. The van der Waals surface area contributed by atoms with E-state index >= 15 is 0 Å². The molecule has 0 aliphatic carbocycles. The molecule has 0 fully saturated rings. The molecule has 0 aromatic heterocycles. The highest BCUT2D eigenvalue weighted by atomic mass is 16.6. The molecule has 0 bridgehead atoms. The van der Waals surface area contributed by atoms with E-state index in [4.69, 9.17) is 14.2 Å². The average Bonchev–Trinajstić information content (AvgIpc) is 3.28. The van der Waals surface area contributed by atoms with Gasteiger partial charge in [0.2, 0.25) is 0 Å². The molecule has 63 heavy (non-hydrogen) atoms. The molecule has 0 heterocycles. The zero-order valence-electron chi connectivity index (χ0n) is 40.0. The standard InChI is InChI=1S/C57H88O6/c1-4-7-10-13-16-19-21-23-25-27-28-30-31-33-35-38-41-44-47-50-56(59)62-53-54(52-61-55(58)49-46-43-40-37-18-15-12-9-6-3)63-57(60)51-48-45-42-39-36-34-32-29-26-24-22-20-17-14-11-8-5-2/h7-8,10-11,16-17,19-20,23-26,28,30,32-35,39,41-42,44,54H,4-6,9,12-15,18,21-22,27,29,31,36-38,40,43,45-53H2,1-3H3/b10-7-,11-8-,19-16-,20-17-,25-23-,26-24-,30-28-,34-32-,35-33-,42-39-,44-41-/t54-/m1/s1. The van der Waals surface area contributed by atoms with Crippen molar-refractivity contribution in [1.82, 2.24) is 0 Å². The molecule has 0 amide bonds. The van der Waals surface area contributed by atoms with Crippen LogP contribution in [0.25, 0.3) is 0 Å². The van der Waals surface area contributed by atoms with Crippen molar-refractivity contribution in [3.8, 4) is 0 Å². The monoisotopic (exact) mass is 869 g/mol. The predicted octanol–water partition coefficient (Wildman–Crippen LogP) is 16.3. The maximum atomic E-state index is 12.7. The quantitative estimate of drug-likeness (QED) is 0.0263. The van der Waals surface area contributed by atoms with Crippen molar-refractivity contribution >= 4 is 17.9 Å². The van der Waals surface area contributed by atoms with E-state index in [1.54, 1.807) is 0 Å². The first-order valence-electron chi connectivity index (χ1n) is 24.7. The van der Waals surface area contributed by atoms with Gasteiger partial charge in [0, 0.05) is 19.3 Å².